The number of halogens is 1. The molecule has 0 fully saturated rings. The van der Waals surface area contributed by atoms with Gasteiger partial charge < -0.3 is 19.4 Å². The summed E-state index contributed by atoms with van der Waals surface area (Å²) in [4.78, 5) is 17.2. The van der Waals surface area contributed by atoms with E-state index in [9.17, 15) is 4.79 Å². The van der Waals surface area contributed by atoms with Crippen molar-refractivity contribution in [1.29, 1.82) is 0 Å². The van der Waals surface area contributed by atoms with Crippen molar-refractivity contribution in [2.75, 3.05) is 13.7 Å². The number of carbonyl (C=O) groups is 1. The van der Waals surface area contributed by atoms with Gasteiger partial charge in [-0.15, -0.1) is 0 Å². The second-order valence-corrected chi connectivity index (χ2v) is 7.88. The molecule has 1 N–H and O–H groups in total. The van der Waals surface area contributed by atoms with Crippen LogP contribution >= 0.6 is 11.6 Å². The lowest BCUT2D eigenvalue weighted by Gasteiger charge is -2.20. The van der Waals surface area contributed by atoms with Crippen LogP contribution in [-0.2, 0) is 11.8 Å². The van der Waals surface area contributed by atoms with Crippen LogP contribution in [0.15, 0.2) is 85.2 Å². The Hall–Kier alpha value is -3.77. The van der Waals surface area contributed by atoms with Gasteiger partial charge >= 0.3 is 0 Å². The molecule has 1 atom stereocenters. The zero-order chi connectivity index (χ0) is 23.2. The molecule has 0 radical (unpaired) electrons. The van der Waals surface area contributed by atoms with Gasteiger partial charge in [-0.3, -0.25) is 4.79 Å². The normalized spacial score (nSPS) is 11.6. The lowest BCUT2D eigenvalue weighted by molar-refractivity contribution is -0.123. The number of aryl methyl sites for hydroxylation is 1. The molecule has 4 rings (SSSR count). The number of imidazole rings is 1. The monoisotopic (exact) mass is 461 g/mol. The predicted octanol–water partition coefficient (Wildman–Crippen LogP) is 5.03. The molecule has 4 aromatic rings. The van der Waals surface area contributed by atoms with Crippen LogP contribution in [-0.4, -0.2) is 29.2 Å². The molecule has 0 spiro atoms. The third-order valence-corrected chi connectivity index (χ3v) is 5.56. The van der Waals surface area contributed by atoms with E-state index in [4.69, 9.17) is 21.1 Å². The quantitative estimate of drug-likeness (QED) is 0.399. The second-order valence-electron chi connectivity index (χ2n) is 7.47. The minimum Gasteiger partial charge on any atom is -0.497 e. The fourth-order valence-electron chi connectivity index (χ4n) is 3.52. The van der Waals surface area contributed by atoms with Crippen molar-refractivity contribution in [3.05, 3.63) is 102 Å². The molecule has 0 aliphatic heterocycles. The van der Waals surface area contributed by atoms with Crippen LogP contribution in [0.4, 0.5) is 0 Å². The van der Waals surface area contributed by atoms with Crippen molar-refractivity contribution in [3.63, 3.8) is 0 Å². The van der Waals surface area contributed by atoms with Gasteiger partial charge in [0.05, 0.1) is 12.1 Å². The first-order valence-corrected chi connectivity index (χ1v) is 10.8. The summed E-state index contributed by atoms with van der Waals surface area (Å²) in [5.41, 5.74) is 2.91. The van der Waals surface area contributed by atoms with E-state index in [0.29, 0.717) is 16.6 Å². The highest BCUT2D eigenvalue weighted by Gasteiger charge is 2.21. The molecular formula is C26H24ClN3O3. The molecule has 7 heteroatoms. The first-order valence-electron chi connectivity index (χ1n) is 10.4. The fourth-order valence-corrected chi connectivity index (χ4v) is 3.76. The predicted molar refractivity (Wildman–Crippen MR) is 129 cm³/mol. The first-order chi connectivity index (χ1) is 16.0. The molecule has 0 aliphatic rings. The van der Waals surface area contributed by atoms with Gasteiger partial charge in [0.1, 0.15) is 23.4 Å². The molecular weight excluding hydrogens is 438 g/mol. The standard InChI is InChI=1S/C26H24ClN3O3/c1-30-15-14-28-26(30)25(19-8-11-21(32-2)12-9-19)29-24(31)17-33-23-13-10-20(16-22(23)27)18-6-4-3-5-7-18/h3-16,25H,17H2,1-2H3,(H,29,31)/t25-/m0/s1. The number of aromatic nitrogens is 2. The molecule has 0 unspecified atom stereocenters. The van der Waals surface area contributed by atoms with Crippen LogP contribution in [0.2, 0.25) is 5.02 Å². The number of hydrogen-bond donors (Lipinski definition) is 1. The number of nitrogens with one attached hydrogen (secondary N) is 1. The van der Waals surface area contributed by atoms with E-state index in [1.807, 2.05) is 84.5 Å². The summed E-state index contributed by atoms with van der Waals surface area (Å²) in [7, 11) is 3.50. The summed E-state index contributed by atoms with van der Waals surface area (Å²) in [6, 6.07) is 22.5. The molecule has 1 heterocycles. The summed E-state index contributed by atoms with van der Waals surface area (Å²) >= 11 is 6.41. The summed E-state index contributed by atoms with van der Waals surface area (Å²) in [5.74, 6) is 1.60. The lowest BCUT2D eigenvalue weighted by Crippen LogP contribution is -2.34. The number of methoxy groups -OCH3 is 1. The highest BCUT2D eigenvalue weighted by molar-refractivity contribution is 6.32. The molecule has 3 aromatic carbocycles. The van der Waals surface area contributed by atoms with Gasteiger partial charge in [0.25, 0.3) is 5.91 Å². The Morgan fingerprint density at radius 2 is 1.82 bits per heavy atom. The summed E-state index contributed by atoms with van der Waals surface area (Å²) < 4.78 is 12.8. The summed E-state index contributed by atoms with van der Waals surface area (Å²) in [5, 5.41) is 3.45. The Morgan fingerprint density at radius 1 is 1.06 bits per heavy atom. The van der Waals surface area contributed by atoms with E-state index in [-0.39, 0.29) is 12.5 Å². The van der Waals surface area contributed by atoms with Crippen molar-refractivity contribution >= 4 is 17.5 Å². The van der Waals surface area contributed by atoms with E-state index in [0.717, 1.165) is 22.4 Å². The third-order valence-electron chi connectivity index (χ3n) is 5.27. The number of carbonyl (C=O) groups excluding carboxylic acids is 1. The summed E-state index contributed by atoms with van der Waals surface area (Å²) in [6.07, 6.45) is 3.53. The second kappa shape index (κ2) is 10.2. The van der Waals surface area contributed by atoms with E-state index >= 15 is 0 Å². The van der Waals surface area contributed by atoms with Gasteiger partial charge in [0, 0.05) is 19.4 Å². The number of benzene rings is 3. The Kier molecular flexibility index (Phi) is 6.95. The number of hydrogen-bond acceptors (Lipinski definition) is 4. The Labute approximate surface area is 197 Å². The molecule has 0 bridgehead atoms. The molecule has 1 amide bonds. The molecule has 0 saturated carbocycles. The fraction of sp³-hybridized carbons (Fsp3) is 0.154. The molecule has 168 valence electrons. The van der Waals surface area contributed by atoms with Crippen molar-refractivity contribution in [2.24, 2.45) is 7.05 Å². The number of ether oxygens (including phenoxy) is 2. The van der Waals surface area contributed by atoms with Crippen LogP contribution in [0.3, 0.4) is 0 Å². The van der Waals surface area contributed by atoms with E-state index in [1.165, 1.54) is 0 Å². The Balaban J connectivity index is 1.46. The zero-order valence-electron chi connectivity index (χ0n) is 18.4. The largest absolute Gasteiger partial charge is 0.497 e. The highest BCUT2D eigenvalue weighted by Crippen LogP contribution is 2.30. The van der Waals surface area contributed by atoms with Gasteiger partial charge in [-0.2, -0.15) is 0 Å². The maximum Gasteiger partial charge on any atom is 0.258 e. The van der Waals surface area contributed by atoms with Crippen LogP contribution in [0.25, 0.3) is 11.1 Å². The third kappa shape index (κ3) is 5.35. The van der Waals surface area contributed by atoms with E-state index in [2.05, 4.69) is 10.3 Å². The average molecular weight is 462 g/mol. The lowest BCUT2D eigenvalue weighted by atomic mass is 10.1. The first kappa shape index (κ1) is 22.4. The maximum absolute atomic E-state index is 12.8. The molecule has 0 aliphatic carbocycles. The topological polar surface area (TPSA) is 65.4 Å². The minimum absolute atomic E-state index is 0.179. The SMILES string of the molecule is COc1ccc([C@H](NC(=O)COc2ccc(-c3ccccc3)cc2Cl)c2nccn2C)cc1. The summed E-state index contributed by atoms with van der Waals surface area (Å²) in [6.45, 7) is -0.179. The van der Waals surface area contributed by atoms with E-state index in [1.54, 1.807) is 19.4 Å². The van der Waals surface area contributed by atoms with E-state index < -0.39 is 6.04 Å². The van der Waals surface area contributed by atoms with Crippen molar-refractivity contribution in [1.82, 2.24) is 14.9 Å². The van der Waals surface area contributed by atoms with Crippen molar-refractivity contribution in [2.45, 2.75) is 6.04 Å². The van der Waals surface area contributed by atoms with Gasteiger partial charge in [-0.1, -0.05) is 60.1 Å². The Bertz CT molecular complexity index is 1220. The van der Waals surface area contributed by atoms with Crippen LogP contribution in [0.5, 0.6) is 11.5 Å². The average Bonchev–Trinajstić information content (AvgIpc) is 3.28. The van der Waals surface area contributed by atoms with Crippen LogP contribution in [0, 0.1) is 0 Å². The highest BCUT2D eigenvalue weighted by atomic mass is 35.5. The molecule has 1 aromatic heterocycles. The molecule has 0 saturated heterocycles. The van der Waals surface area contributed by atoms with Crippen LogP contribution in [0.1, 0.15) is 17.4 Å². The van der Waals surface area contributed by atoms with Crippen LogP contribution < -0.4 is 14.8 Å². The molecule has 6 nitrogen and oxygen atoms in total. The van der Waals surface area contributed by atoms with Crippen molar-refractivity contribution in [3.8, 4) is 22.6 Å². The molecule has 33 heavy (non-hydrogen) atoms. The van der Waals surface area contributed by atoms with Gasteiger partial charge in [-0.25, -0.2) is 4.98 Å². The van der Waals surface area contributed by atoms with Gasteiger partial charge in [0.2, 0.25) is 0 Å². The number of amides is 1. The van der Waals surface area contributed by atoms with Crippen molar-refractivity contribution < 1.29 is 14.3 Å². The number of rotatable bonds is 8. The zero-order valence-corrected chi connectivity index (χ0v) is 19.1. The minimum atomic E-state index is -0.442. The number of nitrogens with zero attached hydrogens (tertiary/aromatic N) is 2. The van der Waals surface area contributed by atoms with Gasteiger partial charge in [0.15, 0.2) is 6.61 Å². The van der Waals surface area contributed by atoms with Gasteiger partial charge in [-0.05, 0) is 41.0 Å². The maximum atomic E-state index is 12.8. The smallest absolute Gasteiger partial charge is 0.258 e. The Morgan fingerprint density at radius 3 is 2.45 bits per heavy atom.